The third-order valence-electron chi connectivity index (χ3n) is 2.70. The van der Waals surface area contributed by atoms with E-state index in [1.165, 1.54) is 16.3 Å². The van der Waals surface area contributed by atoms with Crippen molar-refractivity contribution in [2.24, 2.45) is 5.73 Å². The zero-order valence-corrected chi connectivity index (χ0v) is 9.20. The lowest BCUT2D eigenvalue weighted by Gasteiger charge is -2.09. The van der Waals surface area contributed by atoms with Crippen molar-refractivity contribution in [3.8, 4) is 0 Å². The van der Waals surface area contributed by atoms with Crippen LogP contribution in [0.5, 0.6) is 0 Å². The minimum atomic E-state index is -0.0131. The summed E-state index contributed by atoms with van der Waals surface area (Å²) in [6, 6.07) is 8.51. The third-order valence-corrected chi connectivity index (χ3v) is 2.70. The van der Waals surface area contributed by atoms with E-state index in [1.54, 1.807) is 0 Å². The van der Waals surface area contributed by atoms with Crippen LogP contribution in [0.3, 0.4) is 0 Å². The van der Waals surface area contributed by atoms with Gasteiger partial charge in [-0.25, -0.2) is 0 Å². The second-order valence-corrected chi connectivity index (χ2v) is 3.89. The summed E-state index contributed by atoms with van der Waals surface area (Å²) in [6.45, 7) is 4.13. The fraction of sp³-hybridized carbons (Fsp3) is 0.308. The number of nitrogens with zero attached hydrogens (tertiary/aromatic N) is 1. The van der Waals surface area contributed by atoms with Crippen LogP contribution in [0, 0.1) is 0 Å². The summed E-state index contributed by atoms with van der Waals surface area (Å²) in [7, 11) is 0. The average Bonchev–Trinajstić information content (AvgIpc) is 2.27. The molecular weight excluding hydrogens is 184 g/mol. The SMILES string of the molecule is CCc1ccc2ccnc(C(C)N)c2c1. The van der Waals surface area contributed by atoms with Crippen molar-refractivity contribution in [3.63, 3.8) is 0 Å². The highest BCUT2D eigenvalue weighted by atomic mass is 14.8. The Labute approximate surface area is 90.1 Å². The lowest BCUT2D eigenvalue weighted by Crippen LogP contribution is -2.07. The zero-order chi connectivity index (χ0) is 10.8. The summed E-state index contributed by atoms with van der Waals surface area (Å²) in [5.74, 6) is 0. The van der Waals surface area contributed by atoms with Gasteiger partial charge in [0.2, 0.25) is 0 Å². The first-order valence-corrected chi connectivity index (χ1v) is 5.35. The van der Waals surface area contributed by atoms with Crippen LogP contribution in [0.4, 0.5) is 0 Å². The van der Waals surface area contributed by atoms with Gasteiger partial charge in [-0.3, -0.25) is 4.98 Å². The molecule has 2 heteroatoms. The molecule has 2 aromatic rings. The summed E-state index contributed by atoms with van der Waals surface area (Å²) < 4.78 is 0. The molecule has 0 aliphatic carbocycles. The molecule has 2 N–H and O–H groups in total. The fourth-order valence-electron chi connectivity index (χ4n) is 1.82. The summed E-state index contributed by atoms with van der Waals surface area (Å²) in [5.41, 5.74) is 8.23. The molecule has 15 heavy (non-hydrogen) atoms. The Kier molecular flexibility index (Phi) is 2.69. The number of pyridine rings is 1. The van der Waals surface area contributed by atoms with Crippen molar-refractivity contribution in [2.75, 3.05) is 0 Å². The molecule has 1 aromatic heterocycles. The van der Waals surface area contributed by atoms with Gasteiger partial charge in [0.05, 0.1) is 5.69 Å². The molecule has 1 atom stereocenters. The highest BCUT2D eigenvalue weighted by molar-refractivity contribution is 5.85. The number of nitrogens with two attached hydrogens (primary N) is 1. The van der Waals surface area contributed by atoms with Crippen molar-refractivity contribution in [1.82, 2.24) is 4.98 Å². The molecule has 0 saturated heterocycles. The van der Waals surface area contributed by atoms with E-state index in [1.807, 2.05) is 19.2 Å². The van der Waals surface area contributed by atoms with Crippen LogP contribution in [-0.2, 0) is 6.42 Å². The molecule has 0 fully saturated rings. The predicted octanol–water partition coefficient (Wildman–Crippen LogP) is 2.82. The lowest BCUT2D eigenvalue weighted by atomic mass is 10.0. The van der Waals surface area contributed by atoms with Crippen molar-refractivity contribution >= 4 is 10.8 Å². The van der Waals surface area contributed by atoms with Crippen LogP contribution in [0.2, 0.25) is 0 Å². The van der Waals surface area contributed by atoms with E-state index < -0.39 is 0 Å². The molecular formula is C13H16N2. The third kappa shape index (κ3) is 1.85. The molecule has 0 aliphatic heterocycles. The topological polar surface area (TPSA) is 38.9 Å². The number of aromatic nitrogens is 1. The first-order chi connectivity index (χ1) is 7.22. The first-order valence-electron chi connectivity index (χ1n) is 5.35. The molecule has 1 aromatic carbocycles. The van der Waals surface area contributed by atoms with Crippen molar-refractivity contribution < 1.29 is 0 Å². The predicted molar refractivity (Wildman–Crippen MR) is 63.7 cm³/mol. The Morgan fingerprint density at radius 3 is 2.80 bits per heavy atom. The molecule has 0 amide bonds. The van der Waals surface area contributed by atoms with Gasteiger partial charge in [0.1, 0.15) is 0 Å². The first kappa shape index (κ1) is 10.1. The van der Waals surface area contributed by atoms with Gasteiger partial charge in [0.15, 0.2) is 0 Å². The quantitative estimate of drug-likeness (QED) is 0.809. The van der Waals surface area contributed by atoms with Gasteiger partial charge < -0.3 is 5.73 Å². The number of rotatable bonds is 2. The van der Waals surface area contributed by atoms with Gasteiger partial charge in [-0.2, -0.15) is 0 Å². The normalized spacial score (nSPS) is 13.0. The maximum Gasteiger partial charge on any atom is 0.0646 e. The van der Waals surface area contributed by atoms with Gasteiger partial charge >= 0.3 is 0 Å². The van der Waals surface area contributed by atoms with E-state index >= 15 is 0 Å². The minimum Gasteiger partial charge on any atom is -0.323 e. The summed E-state index contributed by atoms with van der Waals surface area (Å²) in [4.78, 5) is 4.36. The number of aryl methyl sites for hydroxylation is 1. The Bertz CT molecular complexity index is 475. The smallest absolute Gasteiger partial charge is 0.0646 e. The Morgan fingerprint density at radius 2 is 2.13 bits per heavy atom. The number of fused-ring (bicyclic) bond motifs is 1. The van der Waals surface area contributed by atoms with Gasteiger partial charge in [-0.15, -0.1) is 0 Å². The van der Waals surface area contributed by atoms with Crippen LogP contribution in [0.15, 0.2) is 30.5 Å². The van der Waals surface area contributed by atoms with E-state index in [9.17, 15) is 0 Å². The summed E-state index contributed by atoms with van der Waals surface area (Å²) in [6.07, 6.45) is 2.87. The fourth-order valence-corrected chi connectivity index (χ4v) is 1.82. The van der Waals surface area contributed by atoms with Crippen molar-refractivity contribution in [1.29, 1.82) is 0 Å². The molecule has 1 unspecified atom stereocenters. The summed E-state index contributed by atoms with van der Waals surface area (Å²) in [5, 5.41) is 2.40. The van der Waals surface area contributed by atoms with E-state index in [0.717, 1.165) is 12.1 Å². The highest BCUT2D eigenvalue weighted by Crippen LogP contribution is 2.22. The van der Waals surface area contributed by atoms with Gasteiger partial charge in [-0.05, 0) is 36.4 Å². The van der Waals surface area contributed by atoms with Crippen LogP contribution < -0.4 is 5.73 Å². The van der Waals surface area contributed by atoms with Gasteiger partial charge in [0.25, 0.3) is 0 Å². The molecule has 0 radical (unpaired) electrons. The molecule has 0 bridgehead atoms. The molecule has 0 spiro atoms. The second-order valence-electron chi connectivity index (χ2n) is 3.89. The monoisotopic (exact) mass is 200 g/mol. The molecule has 2 nitrogen and oxygen atoms in total. The largest absolute Gasteiger partial charge is 0.323 e. The van der Waals surface area contributed by atoms with Gasteiger partial charge in [-0.1, -0.05) is 19.1 Å². The minimum absolute atomic E-state index is 0.0131. The van der Waals surface area contributed by atoms with E-state index in [4.69, 9.17) is 5.73 Å². The zero-order valence-electron chi connectivity index (χ0n) is 9.20. The summed E-state index contributed by atoms with van der Waals surface area (Å²) >= 11 is 0. The van der Waals surface area contributed by atoms with Crippen LogP contribution in [-0.4, -0.2) is 4.98 Å². The number of benzene rings is 1. The van der Waals surface area contributed by atoms with Crippen LogP contribution in [0.25, 0.3) is 10.8 Å². The average molecular weight is 200 g/mol. The van der Waals surface area contributed by atoms with Gasteiger partial charge in [0, 0.05) is 17.6 Å². The Hall–Kier alpha value is -1.41. The number of hydrogen-bond acceptors (Lipinski definition) is 2. The maximum absolute atomic E-state index is 5.91. The van der Waals surface area contributed by atoms with E-state index in [-0.39, 0.29) is 6.04 Å². The molecule has 0 aliphatic rings. The van der Waals surface area contributed by atoms with Crippen molar-refractivity contribution in [2.45, 2.75) is 26.3 Å². The highest BCUT2D eigenvalue weighted by Gasteiger charge is 2.06. The van der Waals surface area contributed by atoms with Crippen molar-refractivity contribution in [3.05, 3.63) is 41.7 Å². The second kappa shape index (κ2) is 3.99. The Balaban J connectivity index is 2.70. The Morgan fingerprint density at radius 1 is 1.33 bits per heavy atom. The molecule has 78 valence electrons. The van der Waals surface area contributed by atoms with Crippen LogP contribution in [0.1, 0.15) is 31.1 Å². The molecule has 0 saturated carbocycles. The van der Waals surface area contributed by atoms with Crippen LogP contribution >= 0.6 is 0 Å². The molecule has 2 rings (SSSR count). The maximum atomic E-state index is 5.91. The molecule has 1 heterocycles. The van der Waals surface area contributed by atoms with E-state index in [2.05, 4.69) is 30.1 Å². The lowest BCUT2D eigenvalue weighted by molar-refractivity contribution is 0.791. The standard InChI is InChI=1S/C13H16N2/c1-3-10-4-5-11-6-7-15-13(9(2)14)12(11)8-10/h4-9H,3,14H2,1-2H3. The van der Waals surface area contributed by atoms with E-state index in [0.29, 0.717) is 0 Å². The number of hydrogen-bond donors (Lipinski definition) is 1.